The van der Waals surface area contributed by atoms with Crippen LogP contribution in [0.3, 0.4) is 0 Å². The van der Waals surface area contributed by atoms with Gasteiger partial charge < -0.3 is 15.1 Å². The Morgan fingerprint density at radius 1 is 1.15 bits per heavy atom. The molecule has 0 aromatic carbocycles. The Balaban J connectivity index is 1.67. The number of thiophene rings is 1. The molecule has 186 valence electrons. The molecule has 0 amide bonds. The van der Waals surface area contributed by atoms with Crippen molar-refractivity contribution in [3.05, 3.63) is 46.2 Å². The van der Waals surface area contributed by atoms with Gasteiger partial charge in [-0.1, -0.05) is 59.8 Å². The largest absolute Gasteiger partial charge is 0.305 e. The molecule has 6 unspecified atom stereocenters. The summed E-state index contributed by atoms with van der Waals surface area (Å²) in [5.41, 5.74) is 3.20. The first-order chi connectivity index (χ1) is 15.6. The fourth-order valence-electron chi connectivity index (χ4n) is 5.68. The highest BCUT2D eigenvalue weighted by atomic mass is 32.1. The van der Waals surface area contributed by atoms with Crippen LogP contribution >= 0.6 is 11.3 Å². The molecule has 3 nitrogen and oxygen atoms in total. The fourth-order valence-corrected chi connectivity index (χ4v) is 6.38. The number of nitrogens with one attached hydrogen (secondary N) is 1. The van der Waals surface area contributed by atoms with Crippen LogP contribution in [0.1, 0.15) is 66.0 Å². The summed E-state index contributed by atoms with van der Waals surface area (Å²) >= 11 is 1.83. The maximum Gasteiger partial charge on any atom is 0.0365 e. The van der Waals surface area contributed by atoms with Gasteiger partial charge in [0, 0.05) is 31.7 Å². The third-order valence-corrected chi connectivity index (χ3v) is 8.84. The van der Waals surface area contributed by atoms with Crippen molar-refractivity contribution in [2.24, 2.45) is 29.1 Å². The molecule has 33 heavy (non-hydrogen) atoms. The Morgan fingerprint density at radius 3 is 2.52 bits per heavy atom. The Bertz CT molecular complexity index is 775. The second-order valence-electron chi connectivity index (χ2n) is 11.9. The van der Waals surface area contributed by atoms with Crippen molar-refractivity contribution in [1.29, 1.82) is 0 Å². The number of fused-ring (bicyclic) bond motifs is 1. The normalized spacial score (nSPS) is 28.8. The number of hydrogen-bond acceptors (Lipinski definition) is 4. The monoisotopic (exact) mass is 471 g/mol. The summed E-state index contributed by atoms with van der Waals surface area (Å²) in [7, 11) is 4.50. The van der Waals surface area contributed by atoms with E-state index in [2.05, 4.69) is 106 Å². The van der Waals surface area contributed by atoms with Gasteiger partial charge in [-0.25, -0.2) is 0 Å². The minimum atomic E-state index is 0.214. The number of piperidine rings is 1. The topological polar surface area (TPSA) is 18.5 Å². The quantitative estimate of drug-likeness (QED) is 0.422. The number of likely N-dealkylation sites (N-methyl/N-ethyl adjacent to an activating group) is 2. The molecular formula is C29H49N3S. The Kier molecular flexibility index (Phi) is 9.42. The van der Waals surface area contributed by atoms with Crippen LogP contribution in [-0.2, 0) is 0 Å². The lowest BCUT2D eigenvalue weighted by molar-refractivity contribution is 0.114. The van der Waals surface area contributed by atoms with Gasteiger partial charge in [-0.2, -0.15) is 11.3 Å². The summed E-state index contributed by atoms with van der Waals surface area (Å²) in [4.78, 5) is 4.92. The van der Waals surface area contributed by atoms with E-state index in [4.69, 9.17) is 0 Å². The van der Waals surface area contributed by atoms with Crippen molar-refractivity contribution in [3.63, 3.8) is 0 Å². The molecule has 4 heteroatoms. The number of allylic oxidation sites excluding steroid dienone is 2. The van der Waals surface area contributed by atoms with Crippen LogP contribution in [0, 0.1) is 29.1 Å². The molecule has 0 saturated carbocycles. The van der Waals surface area contributed by atoms with E-state index < -0.39 is 0 Å². The van der Waals surface area contributed by atoms with Crippen LogP contribution in [0.2, 0.25) is 0 Å². The van der Waals surface area contributed by atoms with Gasteiger partial charge >= 0.3 is 0 Å². The highest BCUT2D eigenvalue weighted by Crippen LogP contribution is 2.46. The average molecular weight is 472 g/mol. The second-order valence-corrected chi connectivity index (χ2v) is 12.7. The van der Waals surface area contributed by atoms with Gasteiger partial charge in [0.2, 0.25) is 0 Å². The maximum absolute atomic E-state index is 4.07. The molecule has 0 radical (unpaired) electrons. The summed E-state index contributed by atoms with van der Waals surface area (Å²) < 4.78 is 0. The van der Waals surface area contributed by atoms with Crippen molar-refractivity contribution in [3.8, 4) is 0 Å². The summed E-state index contributed by atoms with van der Waals surface area (Å²) in [5.74, 6) is 2.66. The third kappa shape index (κ3) is 7.04. The van der Waals surface area contributed by atoms with Gasteiger partial charge in [0.25, 0.3) is 0 Å². The molecule has 1 aliphatic carbocycles. The molecule has 1 N–H and O–H groups in total. The lowest BCUT2D eigenvalue weighted by Gasteiger charge is -2.48. The molecule has 1 saturated heterocycles. The first-order valence-corrected chi connectivity index (χ1v) is 14.1. The molecule has 1 fully saturated rings. The van der Waals surface area contributed by atoms with Crippen molar-refractivity contribution >= 4 is 11.3 Å². The second kappa shape index (κ2) is 11.7. The van der Waals surface area contributed by atoms with Crippen LogP contribution < -0.4 is 5.32 Å². The van der Waals surface area contributed by atoms with E-state index in [1.54, 1.807) is 0 Å². The Labute approximate surface area is 208 Å². The van der Waals surface area contributed by atoms with Crippen molar-refractivity contribution in [2.45, 2.75) is 66.5 Å². The predicted octanol–water partition coefficient (Wildman–Crippen LogP) is 6.47. The van der Waals surface area contributed by atoms with Crippen LogP contribution in [0.4, 0.5) is 0 Å². The summed E-state index contributed by atoms with van der Waals surface area (Å²) in [6.45, 7) is 18.9. The van der Waals surface area contributed by atoms with Gasteiger partial charge in [-0.15, -0.1) is 0 Å². The fraction of sp³-hybridized carbons (Fsp3) is 0.724. The van der Waals surface area contributed by atoms with Crippen LogP contribution in [-0.4, -0.2) is 56.1 Å². The molecular weight excluding hydrogens is 422 g/mol. The van der Waals surface area contributed by atoms with E-state index in [0.717, 1.165) is 25.6 Å². The van der Waals surface area contributed by atoms with Gasteiger partial charge in [0.05, 0.1) is 0 Å². The lowest BCUT2D eigenvalue weighted by Crippen LogP contribution is -2.51. The highest BCUT2D eigenvalue weighted by molar-refractivity contribution is 7.07. The van der Waals surface area contributed by atoms with Crippen LogP contribution in [0.25, 0.3) is 0 Å². The zero-order valence-electron chi connectivity index (χ0n) is 22.5. The standard InChI is InChI=1S/C29H49N3S/c1-9-31(7)15-16-32(8)19-21(2)10-12-25-22(3)26-18-24(29(4,5)6)11-13-27(26)30-28(25)23-14-17-33-20-23/h11,13-14,17-18,20-22,25-28,30H,9-10,12,15-16,19H2,1-8H3. The first kappa shape index (κ1) is 26.7. The van der Waals surface area contributed by atoms with Crippen molar-refractivity contribution < 1.29 is 0 Å². The molecule has 2 aliphatic rings. The van der Waals surface area contributed by atoms with Crippen LogP contribution in [0.5, 0.6) is 0 Å². The molecule has 1 aliphatic heterocycles. The zero-order chi connectivity index (χ0) is 24.2. The number of hydrogen-bond donors (Lipinski definition) is 1. The number of rotatable bonds is 10. The lowest BCUT2D eigenvalue weighted by atomic mass is 9.65. The Morgan fingerprint density at radius 2 is 1.88 bits per heavy atom. The average Bonchev–Trinajstić information content (AvgIpc) is 3.30. The van der Waals surface area contributed by atoms with Crippen molar-refractivity contribution in [2.75, 3.05) is 40.3 Å². The van der Waals surface area contributed by atoms with Gasteiger partial charge in [-0.3, -0.25) is 0 Å². The molecule has 0 spiro atoms. The molecule has 3 rings (SSSR count). The van der Waals surface area contributed by atoms with Gasteiger partial charge in [0.15, 0.2) is 0 Å². The minimum absolute atomic E-state index is 0.214. The molecule has 0 bridgehead atoms. The predicted molar refractivity (Wildman–Crippen MR) is 146 cm³/mol. The van der Waals surface area contributed by atoms with Gasteiger partial charge in [-0.05, 0) is 90.5 Å². The van der Waals surface area contributed by atoms with E-state index in [0.29, 0.717) is 29.8 Å². The summed E-state index contributed by atoms with van der Waals surface area (Å²) in [6.07, 6.45) is 10.0. The van der Waals surface area contributed by atoms with E-state index in [1.165, 1.54) is 30.5 Å². The number of nitrogens with zero attached hydrogens (tertiary/aromatic N) is 2. The maximum atomic E-state index is 4.07. The smallest absolute Gasteiger partial charge is 0.0365 e. The summed E-state index contributed by atoms with van der Waals surface area (Å²) in [6, 6.07) is 3.25. The SMILES string of the molecule is CCN(C)CCN(C)CC(C)CCC1C(c2ccsc2)NC2C=CC(C(C)(C)C)=CC2C1C. The third-order valence-electron chi connectivity index (χ3n) is 8.14. The highest BCUT2D eigenvalue weighted by Gasteiger charge is 2.42. The molecule has 1 aromatic heterocycles. The molecule has 2 heterocycles. The van der Waals surface area contributed by atoms with E-state index >= 15 is 0 Å². The molecule has 1 aromatic rings. The summed E-state index contributed by atoms with van der Waals surface area (Å²) in [5, 5.41) is 8.68. The first-order valence-electron chi connectivity index (χ1n) is 13.2. The Hall–Kier alpha value is -0.940. The van der Waals surface area contributed by atoms with Crippen LogP contribution in [0.15, 0.2) is 40.6 Å². The van der Waals surface area contributed by atoms with E-state index in [1.807, 2.05) is 11.3 Å². The van der Waals surface area contributed by atoms with Gasteiger partial charge in [0.1, 0.15) is 0 Å². The van der Waals surface area contributed by atoms with E-state index in [-0.39, 0.29) is 5.41 Å². The van der Waals surface area contributed by atoms with Crippen molar-refractivity contribution in [1.82, 2.24) is 15.1 Å². The minimum Gasteiger partial charge on any atom is -0.305 e. The zero-order valence-corrected chi connectivity index (χ0v) is 23.3. The molecule has 6 atom stereocenters. The van der Waals surface area contributed by atoms with E-state index in [9.17, 15) is 0 Å².